The van der Waals surface area contributed by atoms with E-state index in [1.807, 2.05) is 37.7 Å². The molecule has 0 N–H and O–H groups in total. The fourth-order valence-electron chi connectivity index (χ4n) is 1.46. The highest BCUT2D eigenvalue weighted by molar-refractivity contribution is 7.12. The van der Waals surface area contributed by atoms with Gasteiger partial charge in [0.2, 0.25) is 0 Å². The first-order valence-corrected chi connectivity index (χ1v) is 5.60. The van der Waals surface area contributed by atoms with Crippen LogP contribution in [0.2, 0.25) is 0 Å². The summed E-state index contributed by atoms with van der Waals surface area (Å²) in [5.74, 6) is 0.154. The van der Waals surface area contributed by atoms with Crippen LogP contribution >= 0.6 is 11.3 Å². The third-order valence-electron chi connectivity index (χ3n) is 2.23. The van der Waals surface area contributed by atoms with E-state index in [9.17, 15) is 4.79 Å². The van der Waals surface area contributed by atoms with E-state index in [1.54, 1.807) is 4.68 Å². The molecule has 0 radical (unpaired) electrons. The molecule has 78 valence electrons. The van der Waals surface area contributed by atoms with Gasteiger partial charge >= 0.3 is 0 Å². The molecule has 0 aromatic carbocycles. The molecule has 0 aliphatic heterocycles. The Labute approximate surface area is 92.4 Å². The molecular weight excluding hydrogens is 208 g/mol. The van der Waals surface area contributed by atoms with E-state index >= 15 is 0 Å². The molecule has 0 atom stereocenters. The molecule has 0 aliphatic rings. The molecule has 4 heteroatoms. The molecule has 2 aromatic rings. The third kappa shape index (κ3) is 2.15. The lowest BCUT2D eigenvalue weighted by atomic mass is 10.1. The second-order valence-corrected chi connectivity index (χ2v) is 4.43. The maximum atomic E-state index is 11.9. The van der Waals surface area contributed by atoms with Crippen LogP contribution < -0.4 is 0 Å². The monoisotopic (exact) mass is 220 g/mol. The van der Waals surface area contributed by atoms with Gasteiger partial charge in [-0.15, -0.1) is 11.3 Å². The van der Waals surface area contributed by atoms with Gasteiger partial charge < -0.3 is 0 Å². The minimum absolute atomic E-state index is 0.154. The summed E-state index contributed by atoms with van der Waals surface area (Å²) >= 11 is 1.50. The van der Waals surface area contributed by atoms with Crippen LogP contribution in [0.15, 0.2) is 23.7 Å². The van der Waals surface area contributed by atoms with Crippen molar-refractivity contribution in [3.63, 3.8) is 0 Å². The molecule has 0 aliphatic carbocycles. The highest BCUT2D eigenvalue weighted by atomic mass is 32.1. The number of aromatic nitrogens is 2. The smallest absolute Gasteiger partial charge is 0.179 e. The van der Waals surface area contributed by atoms with Gasteiger partial charge in [0.05, 0.1) is 17.0 Å². The SMILES string of the molecule is Cc1ccsc1C(=O)Cc1ccn(C)n1. The quantitative estimate of drug-likeness (QED) is 0.743. The Morgan fingerprint density at radius 3 is 2.87 bits per heavy atom. The van der Waals surface area contributed by atoms with Crippen molar-refractivity contribution in [2.24, 2.45) is 7.05 Å². The van der Waals surface area contributed by atoms with Crippen LogP contribution in [0.5, 0.6) is 0 Å². The Hall–Kier alpha value is -1.42. The van der Waals surface area contributed by atoms with Crippen LogP contribution in [-0.2, 0) is 13.5 Å². The number of rotatable bonds is 3. The Balaban J connectivity index is 2.14. The van der Waals surface area contributed by atoms with Gasteiger partial charge in [0.15, 0.2) is 5.78 Å². The number of thiophene rings is 1. The van der Waals surface area contributed by atoms with Crippen LogP contribution in [-0.4, -0.2) is 15.6 Å². The average molecular weight is 220 g/mol. The summed E-state index contributed by atoms with van der Waals surface area (Å²) in [6.07, 6.45) is 2.24. The topological polar surface area (TPSA) is 34.9 Å². The van der Waals surface area contributed by atoms with Crippen molar-refractivity contribution in [2.45, 2.75) is 13.3 Å². The standard InChI is InChI=1S/C11H12N2OS/c1-8-4-6-15-11(8)10(14)7-9-3-5-13(2)12-9/h3-6H,7H2,1-2H3. The molecule has 0 fully saturated rings. The minimum atomic E-state index is 0.154. The fourth-order valence-corrected chi connectivity index (χ4v) is 2.33. The third-order valence-corrected chi connectivity index (χ3v) is 3.28. The van der Waals surface area contributed by atoms with Crippen molar-refractivity contribution in [1.29, 1.82) is 0 Å². The largest absolute Gasteiger partial charge is 0.293 e. The molecule has 0 amide bonds. The number of nitrogens with zero attached hydrogens (tertiary/aromatic N) is 2. The Morgan fingerprint density at radius 1 is 1.53 bits per heavy atom. The Morgan fingerprint density at radius 2 is 2.33 bits per heavy atom. The van der Waals surface area contributed by atoms with Crippen molar-refractivity contribution >= 4 is 17.1 Å². The van der Waals surface area contributed by atoms with Crippen molar-refractivity contribution in [2.75, 3.05) is 0 Å². The molecule has 3 nitrogen and oxygen atoms in total. The van der Waals surface area contributed by atoms with Crippen LogP contribution in [0.3, 0.4) is 0 Å². The van der Waals surface area contributed by atoms with Gasteiger partial charge in [0, 0.05) is 13.2 Å². The first-order chi connectivity index (χ1) is 7.16. The summed E-state index contributed by atoms with van der Waals surface area (Å²) in [6, 6.07) is 3.84. The molecule has 2 aromatic heterocycles. The summed E-state index contributed by atoms with van der Waals surface area (Å²) in [5, 5.41) is 6.14. The van der Waals surface area contributed by atoms with Crippen molar-refractivity contribution in [3.05, 3.63) is 39.8 Å². The van der Waals surface area contributed by atoms with Crippen LogP contribution in [0.1, 0.15) is 20.9 Å². The summed E-state index contributed by atoms with van der Waals surface area (Å²) < 4.78 is 1.71. The lowest BCUT2D eigenvalue weighted by molar-refractivity contribution is 0.0995. The summed E-state index contributed by atoms with van der Waals surface area (Å²) in [4.78, 5) is 12.7. The lowest BCUT2D eigenvalue weighted by Crippen LogP contribution is -2.03. The second-order valence-electron chi connectivity index (χ2n) is 3.51. The van der Waals surface area contributed by atoms with E-state index < -0.39 is 0 Å². The number of carbonyl (C=O) groups is 1. The molecule has 0 saturated heterocycles. The van der Waals surface area contributed by atoms with Gasteiger partial charge in [-0.05, 0) is 30.0 Å². The molecule has 2 heterocycles. The minimum Gasteiger partial charge on any atom is -0.293 e. The fraction of sp³-hybridized carbons (Fsp3) is 0.273. The number of ketones is 1. The Kier molecular flexibility index (Phi) is 2.68. The molecule has 0 spiro atoms. The number of carbonyl (C=O) groups excluding carboxylic acids is 1. The predicted octanol–water partition coefficient (Wildman–Crippen LogP) is 2.22. The number of Topliss-reactive ketones (excluding diaryl/α,β-unsaturated/α-hetero) is 1. The van der Waals surface area contributed by atoms with Crippen LogP contribution in [0.4, 0.5) is 0 Å². The lowest BCUT2D eigenvalue weighted by Gasteiger charge is -1.96. The zero-order valence-electron chi connectivity index (χ0n) is 8.73. The Bertz CT molecular complexity index is 484. The van der Waals surface area contributed by atoms with Crippen LogP contribution in [0.25, 0.3) is 0 Å². The van der Waals surface area contributed by atoms with E-state index in [-0.39, 0.29) is 5.78 Å². The number of hydrogen-bond acceptors (Lipinski definition) is 3. The molecule has 2 rings (SSSR count). The second kappa shape index (κ2) is 3.98. The average Bonchev–Trinajstić information content (AvgIpc) is 2.75. The van der Waals surface area contributed by atoms with E-state index in [1.165, 1.54) is 11.3 Å². The number of hydrogen-bond donors (Lipinski definition) is 0. The van der Waals surface area contributed by atoms with E-state index in [4.69, 9.17) is 0 Å². The molecule has 15 heavy (non-hydrogen) atoms. The van der Waals surface area contributed by atoms with Crippen molar-refractivity contribution < 1.29 is 4.79 Å². The zero-order valence-corrected chi connectivity index (χ0v) is 9.54. The van der Waals surface area contributed by atoms with Gasteiger partial charge in [-0.1, -0.05) is 0 Å². The molecule has 0 bridgehead atoms. The van der Waals surface area contributed by atoms with E-state index in [2.05, 4.69) is 5.10 Å². The van der Waals surface area contributed by atoms with Gasteiger partial charge in [-0.3, -0.25) is 9.48 Å². The van der Waals surface area contributed by atoms with E-state index in [0.29, 0.717) is 6.42 Å². The molecular formula is C11H12N2OS. The summed E-state index contributed by atoms with van der Waals surface area (Å²) in [5.41, 5.74) is 1.89. The molecule has 0 saturated carbocycles. The normalized spacial score (nSPS) is 10.5. The van der Waals surface area contributed by atoms with Gasteiger partial charge in [0.25, 0.3) is 0 Å². The van der Waals surface area contributed by atoms with Crippen molar-refractivity contribution in [1.82, 2.24) is 9.78 Å². The van der Waals surface area contributed by atoms with Crippen molar-refractivity contribution in [3.8, 4) is 0 Å². The highest BCUT2D eigenvalue weighted by Gasteiger charge is 2.12. The van der Waals surface area contributed by atoms with Gasteiger partial charge in [0.1, 0.15) is 0 Å². The zero-order chi connectivity index (χ0) is 10.8. The van der Waals surface area contributed by atoms with E-state index in [0.717, 1.165) is 16.1 Å². The first kappa shape index (κ1) is 10.1. The summed E-state index contributed by atoms with van der Waals surface area (Å²) in [6.45, 7) is 1.96. The maximum absolute atomic E-state index is 11.9. The highest BCUT2D eigenvalue weighted by Crippen LogP contribution is 2.17. The maximum Gasteiger partial charge on any atom is 0.179 e. The number of aryl methyl sites for hydroxylation is 2. The van der Waals surface area contributed by atoms with Gasteiger partial charge in [-0.2, -0.15) is 5.10 Å². The van der Waals surface area contributed by atoms with Gasteiger partial charge in [-0.25, -0.2) is 0 Å². The van der Waals surface area contributed by atoms with Crippen LogP contribution in [0, 0.1) is 6.92 Å². The summed E-state index contributed by atoms with van der Waals surface area (Å²) in [7, 11) is 1.85. The predicted molar refractivity (Wildman–Crippen MR) is 60.3 cm³/mol. The molecule has 0 unspecified atom stereocenters. The first-order valence-electron chi connectivity index (χ1n) is 4.72.